The van der Waals surface area contributed by atoms with Crippen molar-refractivity contribution in [2.24, 2.45) is 0 Å². The Morgan fingerprint density at radius 1 is 1.62 bits per heavy atom. The van der Waals surface area contributed by atoms with Gasteiger partial charge in [-0.25, -0.2) is 0 Å². The monoisotopic (exact) mass is 184 g/mol. The fourth-order valence-electron chi connectivity index (χ4n) is 1.79. The van der Waals surface area contributed by atoms with E-state index >= 15 is 0 Å². The third-order valence-electron chi connectivity index (χ3n) is 2.83. The Hall–Kier alpha value is -0.610. The molecule has 0 radical (unpaired) electrons. The summed E-state index contributed by atoms with van der Waals surface area (Å²) >= 11 is 0. The number of hydrogen-bond donors (Lipinski definition) is 0. The van der Waals surface area contributed by atoms with E-state index in [1.165, 1.54) is 0 Å². The smallest absolute Gasteiger partial charge is 0.236 e. The molecule has 0 aromatic rings. The number of carbonyl (C=O) groups excluding carboxylic acids is 1. The molecule has 0 saturated carbocycles. The van der Waals surface area contributed by atoms with Gasteiger partial charge in [-0.05, 0) is 13.0 Å². The fraction of sp³-hybridized carbons (Fsp3) is 0.889. The molecule has 0 aromatic heterocycles. The van der Waals surface area contributed by atoms with Gasteiger partial charge in [-0.15, -0.1) is 0 Å². The first-order valence-corrected chi connectivity index (χ1v) is 4.86. The topological polar surface area (TPSA) is 36.1 Å². The predicted molar refractivity (Wildman–Crippen MR) is 48.2 cm³/mol. The maximum Gasteiger partial charge on any atom is 0.236 e. The number of amides is 1. The SMILES string of the molecule is CCN1CC(=O)N(C)CCC2OC21. The maximum absolute atomic E-state index is 11.5. The lowest BCUT2D eigenvalue weighted by Crippen LogP contribution is -2.43. The predicted octanol–water partition coefficient (Wildman–Crippen LogP) is -0.105. The Labute approximate surface area is 78.4 Å². The molecule has 2 saturated heterocycles. The number of ether oxygens (including phenoxy) is 1. The Morgan fingerprint density at radius 2 is 2.38 bits per heavy atom. The van der Waals surface area contributed by atoms with Crippen LogP contribution in [0, 0.1) is 0 Å². The molecule has 2 aliphatic rings. The Morgan fingerprint density at radius 3 is 3.08 bits per heavy atom. The first kappa shape index (κ1) is 8.97. The van der Waals surface area contributed by atoms with E-state index in [-0.39, 0.29) is 12.1 Å². The number of fused-ring (bicyclic) bond motifs is 1. The maximum atomic E-state index is 11.5. The summed E-state index contributed by atoms with van der Waals surface area (Å²) in [6, 6.07) is 0. The number of nitrogens with zero attached hydrogens (tertiary/aromatic N) is 2. The van der Waals surface area contributed by atoms with Crippen molar-refractivity contribution >= 4 is 5.91 Å². The van der Waals surface area contributed by atoms with Crippen LogP contribution in [-0.2, 0) is 9.53 Å². The van der Waals surface area contributed by atoms with Crippen LogP contribution in [0.1, 0.15) is 13.3 Å². The summed E-state index contributed by atoms with van der Waals surface area (Å²) in [6.45, 7) is 4.29. The van der Waals surface area contributed by atoms with Gasteiger partial charge < -0.3 is 9.64 Å². The molecule has 74 valence electrons. The van der Waals surface area contributed by atoms with Crippen LogP contribution in [0.4, 0.5) is 0 Å². The summed E-state index contributed by atoms with van der Waals surface area (Å²) in [5, 5.41) is 0. The second-order valence-corrected chi connectivity index (χ2v) is 3.73. The van der Waals surface area contributed by atoms with Crippen molar-refractivity contribution in [1.82, 2.24) is 9.80 Å². The van der Waals surface area contributed by atoms with Crippen molar-refractivity contribution in [1.29, 1.82) is 0 Å². The van der Waals surface area contributed by atoms with Gasteiger partial charge in [0.15, 0.2) is 0 Å². The molecule has 0 spiro atoms. The summed E-state index contributed by atoms with van der Waals surface area (Å²) in [4.78, 5) is 15.4. The highest BCUT2D eigenvalue weighted by Crippen LogP contribution is 2.30. The van der Waals surface area contributed by atoms with Gasteiger partial charge in [0, 0.05) is 13.6 Å². The molecule has 2 fully saturated rings. The van der Waals surface area contributed by atoms with E-state index in [4.69, 9.17) is 4.74 Å². The van der Waals surface area contributed by atoms with Crippen molar-refractivity contribution in [3.8, 4) is 0 Å². The summed E-state index contributed by atoms with van der Waals surface area (Å²) in [5.41, 5.74) is 0. The van der Waals surface area contributed by atoms with Crippen molar-refractivity contribution < 1.29 is 9.53 Å². The fourth-order valence-corrected chi connectivity index (χ4v) is 1.79. The minimum atomic E-state index is 0.204. The second-order valence-electron chi connectivity index (χ2n) is 3.73. The van der Waals surface area contributed by atoms with Gasteiger partial charge in [-0.3, -0.25) is 9.69 Å². The van der Waals surface area contributed by atoms with E-state index in [0.717, 1.165) is 19.5 Å². The van der Waals surface area contributed by atoms with Crippen LogP contribution in [0.25, 0.3) is 0 Å². The Balaban J connectivity index is 2.02. The molecule has 0 bridgehead atoms. The summed E-state index contributed by atoms with van der Waals surface area (Å²) in [5.74, 6) is 0.204. The average Bonchev–Trinajstić information content (AvgIpc) is 2.87. The zero-order valence-electron chi connectivity index (χ0n) is 8.19. The molecule has 13 heavy (non-hydrogen) atoms. The van der Waals surface area contributed by atoms with Crippen LogP contribution in [0.15, 0.2) is 0 Å². The molecule has 2 unspecified atom stereocenters. The van der Waals surface area contributed by atoms with Crippen LogP contribution >= 0.6 is 0 Å². The van der Waals surface area contributed by atoms with Crippen molar-refractivity contribution in [2.45, 2.75) is 25.7 Å². The highest BCUT2D eigenvalue weighted by Gasteiger charge is 2.44. The quantitative estimate of drug-likeness (QED) is 0.534. The zero-order chi connectivity index (χ0) is 9.42. The standard InChI is InChI=1S/C9H16N2O2/c1-3-11-6-8(12)10(2)5-4-7-9(11)13-7/h7,9H,3-6H2,1-2H3. The molecule has 4 nitrogen and oxygen atoms in total. The Bertz CT molecular complexity index is 220. The summed E-state index contributed by atoms with van der Waals surface area (Å²) < 4.78 is 5.48. The molecule has 2 atom stereocenters. The second kappa shape index (κ2) is 3.27. The van der Waals surface area contributed by atoms with Crippen LogP contribution in [0.3, 0.4) is 0 Å². The Kier molecular flexibility index (Phi) is 2.26. The minimum absolute atomic E-state index is 0.204. The van der Waals surface area contributed by atoms with Crippen molar-refractivity contribution in [2.75, 3.05) is 26.7 Å². The first-order valence-electron chi connectivity index (χ1n) is 4.86. The third kappa shape index (κ3) is 1.69. The van der Waals surface area contributed by atoms with Gasteiger partial charge in [0.2, 0.25) is 5.91 Å². The van der Waals surface area contributed by atoms with E-state index in [0.29, 0.717) is 12.6 Å². The van der Waals surface area contributed by atoms with Gasteiger partial charge in [-0.2, -0.15) is 0 Å². The van der Waals surface area contributed by atoms with Gasteiger partial charge in [0.25, 0.3) is 0 Å². The van der Waals surface area contributed by atoms with Crippen LogP contribution in [0.2, 0.25) is 0 Å². The first-order chi connectivity index (χ1) is 6.22. The molecule has 2 rings (SSSR count). The molecule has 0 aliphatic carbocycles. The van der Waals surface area contributed by atoms with Crippen LogP contribution in [-0.4, -0.2) is 54.7 Å². The molecular formula is C9H16N2O2. The lowest BCUT2D eigenvalue weighted by Gasteiger charge is -2.24. The number of rotatable bonds is 1. The normalized spacial score (nSPS) is 35.2. The van der Waals surface area contributed by atoms with Crippen molar-refractivity contribution in [3.63, 3.8) is 0 Å². The number of carbonyl (C=O) groups is 1. The van der Waals surface area contributed by atoms with E-state index in [1.807, 2.05) is 7.05 Å². The molecule has 0 N–H and O–H groups in total. The molecule has 2 heterocycles. The number of epoxide rings is 1. The van der Waals surface area contributed by atoms with E-state index < -0.39 is 0 Å². The zero-order valence-corrected chi connectivity index (χ0v) is 8.19. The van der Waals surface area contributed by atoms with Crippen LogP contribution in [0.5, 0.6) is 0 Å². The summed E-state index contributed by atoms with van der Waals surface area (Å²) in [7, 11) is 1.86. The van der Waals surface area contributed by atoms with Crippen LogP contribution < -0.4 is 0 Å². The lowest BCUT2D eigenvalue weighted by molar-refractivity contribution is -0.131. The number of likely N-dealkylation sites (N-methyl/N-ethyl adjacent to an activating group) is 2. The van der Waals surface area contributed by atoms with Gasteiger partial charge in [0.1, 0.15) is 12.3 Å². The lowest BCUT2D eigenvalue weighted by atomic mass is 10.2. The third-order valence-corrected chi connectivity index (χ3v) is 2.83. The van der Waals surface area contributed by atoms with E-state index in [2.05, 4.69) is 11.8 Å². The highest BCUT2D eigenvalue weighted by atomic mass is 16.6. The summed E-state index contributed by atoms with van der Waals surface area (Å²) in [6.07, 6.45) is 1.57. The highest BCUT2D eigenvalue weighted by molar-refractivity contribution is 5.78. The molecule has 0 aromatic carbocycles. The van der Waals surface area contributed by atoms with Gasteiger partial charge >= 0.3 is 0 Å². The van der Waals surface area contributed by atoms with E-state index in [9.17, 15) is 4.79 Å². The van der Waals surface area contributed by atoms with Gasteiger partial charge in [0.05, 0.1) is 6.54 Å². The van der Waals surface area contributed by atoms with Crippen molar-refractivity contribution in [3.05, 3.63) is 0 Å². The largest absolute Gasteiger partial charge is 0.353 e. The number of hydrogen-bond acceptors (Lipinski definition) is 3. The van der Waals surface area contributed by atoms with Gasteiger partial charge in [-0.1, -0.05) is 6.92 Å². The molecule has 4 heteroatoms. The molecule has 2 aliphatic heterocycles. The van der Waals surface area contributed by atoms with E-state index in [1.54, 1.807) is 4.90 Å². The molecule has 1 amide bonds. The minimum Gasteiger partial charge on any atom is -0.353 e. The molecular weight excluding hydrogens is 168 g/mol. The average molecular weight is 184 g/mol.